The van der Waals surface area contributed by atoms with Gasteiger partial charge in [0.1, 0.15) is 6.04 Å². The molecule has 0 bridgehead atoms. The number of piperazine rings is 1. The van der Waals surface area contributed by atoms with E-state index in [2.05, 4.69) is 5.32 Å². The number of ketones is 1. The molecule has 1 heterocycles. The molecule has 1 aliphatic heterocycles. The number of nitrogens with zero attached hydrogens (tertiary/aromatic N) is 1. The maximum absolute atomic E-state index is 12.6. The Labute approximate surface area is 135 Å². The van der Waals surface area contributed by atoms with Crippen LogP contribution in [-0.2, 0) is 4.79 Å². The maximum atomic E-state index is 12.6. The lowest BCUT2D eigenvalue weighted by Gasteiger charge is -2.34. The molecular weight excluding hydrogens is 290 g/mol. The molecule has 0 saturated carbocycles. The Morgan fingerprint density at radius 3 is 2.57 bits per heavy atom. The van der Waals surface area contributed by atoms with Gasteiger partial charge in [0.05, 0.1) is 6.54 Å². The number of hydrogen-bond donors (Lipinski definition) is 2. The molecule has 0 aromatic heterocycles. The fraction of sp³-hybridized carbons (Fsp3) is 0.222. The molecule has 23 heavy (non-hydrogen) atoms. The van der Waals surface area contributed by atoms with Gasteiger partial charge >= 0.3 is 0 Å². The highest BCUT2D eigenvalue weighted by Gasteiger charge is 2.32. The van der Waals surface area contributed by atoms with Crippen molar-refractivity contribution in [2.45, 2.75) is 6.04 Å². The number of carbonyl (C=O) groups is 2. The largest absolute Gasteiger partial charge is 0.398 e. The molecule has 3 rings (SSSR count). The van der Waals surface area contributed by atoms with Crippen LogP contribution in [0.1, 0.15) is 22.0 Å². The van der Waals surface area contributed by atoms with Gasteiger partial charge in [-0.2, -0.15) is 0 Å². The van der Waals surface area contributed by atoms with Crippen molar-refractivity contribution in [1.29, 1.82) is 0 Å². The van der Waals surface area contributed by atoms with E-state index >= 15 is 0 Å². The van der Waals surface area contributed by atoms with Gasteiger partial charge in [0.2, 0.25) is 5.91 Å². The average Bonchev–Trinajstić information content (AvgIpc) is 2.56. The number of nitrogens with one attached hydrogen (secondary N) is 1. The highest BCUT2D eigenvalue weighted by atomic mass is 16.2. The Kier molecular flexibility index (Phi) is 4.39. The number of para-hydroxylation sites is 1. The van der Waals surface area contributed by atoms with Gasteiger partial charge < -0.3 is 11.1 Å². The Hall–Kier alpha value is -2.66. The molecule has 1 amide bonds. The average molecular weight is 309 g/mol. The Morgan fingerprint density at radius 1 is 1.13 bits per heavy atom. The Balaban J connectivity index is 1.84. The Bertz CT molecular complexity index is 715. The van der Waals surface area contributed by atoms with Crippen LogP contribution in [0.3, 0.4) is 0 Å². The molecule has 1 aliphatic rings. The van der Waals surface area contributed by atoms with E-state index < -0.39 is 6.04 Å². The number of benzene rings is 2. The zero-order valence-corrected chi connectivity index (χ0v) is 12.7. The fourth-order valence-corrected chi connectivity index (χ4v) is 2.90. The first-order valence-corrected chi connectivity index (χ1v) is 7.61. The molecular formula is C18H19N3O2. The van der Waals surface area contributed by atoms with Crippen molar-refractivity contribution < 1.29 is 9.59 Å². The molecule has 2 aromatic rings. The molecule has 118 valence electrons. The number of nitrogens with two attached hydrogens (primary N) is 1. The molecule has 3 N–H and O–H groups in total. The van der Waals surface area contributed by atoms with E-state index in [1.807, 2.05) is 35.2 Å². The van der Waals surface area contributed by atoms with Crippen molar-refractivity contribution in [2.24, 2.45) is 0 Å². The third-order valence-corrected chi connectivity index (χ3v) is 4.03. The van der Waals surface area contributed by atoms with Crippen molar-refractivity contribution >= 4 is 17.4 Å². The predicted octanol–water partition coefficient (Wildman–Crippen LogP) is 1.62. The standard InChI is InChI=1S/C18H19N3O2/c19-15-9-5-4-8-14(15)16(22)12-21-11-10-20-18(23)17(21)13-6-2-1-3-7-13/h1-9,17H,10-12,19H2,(H,20,23). The number of rotatable bonds is 4. The van der Waals surface area contributed by atoms with Crippen molar-refractivity contribution in [3.63, 3.8) is 0 Å². The van der Waals surface area contributed by atoms with E-state index in [1.165, 1.54) is 0 Å². The molecule has 2 aromatic carbocycles. The summed E-state index contributed by atoms with van der Waals surface area (Å²) in [6, 6.07) is 16.1. The SMILES string of the molecule is Nc1ccccc1C(=O)CN1CCNC(=O)C1c1ccccc1. The normalized spacial score (nSPS) is 18.4. The summed E-state index contributed by atoms with van der Waals surface area (Å²) in [7, 11) is 0. The van der Waals surface area contributed by atoms with Crippen LogP contribution in [-0.4, -0.2) is 36.2 Å². The van der Waals surface area contributed by atoms with Gasteiger partial charge in [-0.1, -0.05) is 42.5 Å². The zero-order chi connectivity index (χ0) is 16.2. The van der Waals surface area contributed by atoms with Gasteiger partial charge in [0.15, 0.2) is 5.78 Å². The number of hydrogen-bond acceptors (Lipinski definition) is 4. The van der Waals surface area contributed by atoms with Crippen LogP contribution in [0.2, 0.25) is 0 Å². The number of carbonyl (C=O) groups excluding carboxylic acids is 2. The monoisotopic (exact) mass is 309 g/mol. The summed E-state index contributed by atoms with van der Waals surface area (Å²) in [5, 5.41) is 2.87. The number of nitrogen functional groups attached to an aromatic ring is 1. The van der Waals surface area contributed by atoms with E-state index in [0.717, 1.165) is 5.56 Å². The van der Waals surface area contributed by atoms with Crippen molar-refractivity contribution in [1.82, 2.24) is 10.2 Å². The van der Waals surface area contributed by atoms with E-state index in [0.29, 0.717) is 24.3 Å². The number of amides is 1. The van der Waals surface area contributed by atoms with Gasteiger partial charge in [-0.3, -0.25) is 14.5 Å². The lowest BCUT2D eigenvalue weighted by molar-refractivity contribution is -0.128. The summed E-state index contributed by atoms with van der Waals surface area (Å²) in [5.74, 6) is -0.144. The maximum Gasteiger partial charge on any atom is 0.242 e. The van der Waals surface area contributed by atoms with Gasteiger partial charge in [-0.25, -0.2) is 0 Å². The van der Waals surface area contributed by atoms with Crippen molar-refractivity contribution in [3.8, 4) is 0 Å². The summed E-state index contributed by atoms with van der Waals surface area (Å²) >= 11 is 0. The molecule has 5 heteroatoms. The first-order valence-electron chi connectivity index (χ1n) is 7.61. The highest BCUT2D eigenvalue weighted by molar-refractivity contribution is 6.02. The summed E-state index contributed by atoms with van der Waals surface area (Å²) < 4.78 is 0. The van der Waals surface area contributed by atoms with Crippen LogP contribution in [0.15, 0.2) is 54.6 Å². The lowest BCUT2D eigenvalue weighted by atomic mass is 10.0. The number of Topliss-reactive ketones (excluding diaryl/α,β-unsaturated/α-hetero) is 1. The van der Waals surface area contributed by atoms with Crippen LogP contribution in [0.25, 0.3) is 0 Å². The third-order valence-electron chi connectivity index (χ3n) is 4.03. The molecule has 1 atom stereocenters. The summed E-state index contributed by atoms with van der Waals surface area (Å²) in [5.41, 5.74) is 7.74. The highest BCUT2D eigenvalue weighted by Crippen LogP contribution is 2.24. The quantitative estimate of drug-likeness (QED) is 0.665. The summed E-state index contributed by atoms with van der Waals surface area (Å²) in [6.07, 6.45) is 0. The molecule has 1 saturated heterocycles. The van der Waals surface area contributed by atoms with Gasteiger partial charge in [0.25, 0.3) is 0 Å². The zero-order valence-electron chi connectivity index (χ0n) is 12.7. The molecule has 0 aliphatic carbocycles. The summed E-state index contributed by atoms with van der Waals surface area (Å²) in [4.78, 5) is 26.8. The van der Waals surface area contributed by atoms with Gasteiger partial charge in [-0.15, -0.1) is 0 Å². The number of anilines is 1. The second kappa shape index (κ2) is 6.62. The predicted molar refractivity (Wildman–Crippen MR) is 89.0 cm³/mol. The minimum absolute atomic E-state index is 0.0706. The van der Waals surface area contributed by atoms with Gasteiger partial charge in [-0.05, 0) is 17.7 Å². The first-order chi connectivity index (χ1) is 11.2. The van der Waals surface area contributed by atoms with Crippen molar-refractivity contribution in [2.75, 3.05) is 25.4 Å². The van der Waals surface area contributed by atoms with Crippen LogP contribution in [0.5, 0.6) is 0 Å². The lowest BCUT2D eigenvalue weighted by Crippen LogP contribution is -2.51. The van der Waals surface area contributed by atoms with E-state index in [4.69, 9.17) is 5.73 Å². The molecule has 1 unspecified atom stereocenters. The summed E-state index contributed by atoms with van der Waals surface area (Å²) in [6.45, 7) is 1.34. The molecule has 1 fully saturated rings. The van der Waals surface area contributed by atoms with E-state index in [9.17, 15) is 9.59 Å². The second-order valence-electron chi connectivity index (χ2n) is 5.59. The fourth-order valence-electron chi connectivity index (χ4n) is 2.90. The van der Waals surface area contributed by atoms with E-state index in [1.54, 1.807) is 24.3 Å². The first kappa shape index (κ1) is 15.2. The van der Waals surface area contributed by atoms with Crippen molar-refractivity contribution in [3.05, 3.63) is 65.7 Å². The topological polar surface area (TPSA) is 75.4 Å². The van der Waals surface area contributed by atoms with Crippen LogP contribution in [0.4, 0.5) is 5.69 Å². The van der Waals surface area contributed by atoms with Crippen LogP contribution in [0, 0.1) is 0 Å². The second-order valence-corrected chi connectivity index (χ2v) is 5.59. The van der Waals surface area contributed by atoms with Crippen LogP contribution < -0.4 is 11.1 Å². The third kappa shape index (κ3) is 3.24. The minimum Gasteiger partial charge on any atom is -0.398 e. The van der Waals surface area contributed by atoms with E-state index in [-0.39, 0.29) is 18.2 Å². The van der Waals surface area contributed by atoms with Crippen LogP contribution >= 0.6 is 0 Å². The minimum atomic E-state index is -0.446. The molecule has 0 radical (unpaired) electrons. The smallest absolute Gasteiger partial charge is 0.242 e. The molecule has 0 spiro atoms. The Morgan fingerprint density at radius 2 is 1.83 bits per heavy atom. The molecule has 5 nitrogen and oxygen atoms in total. The van der Waals surface area contributed by atoms with Gasteiger partial charge in [0, 0.05) is 24.3 Å².